The maximum atomic E-state index is 11.7. The highest BCUT2D eigenvalue weighted by Crippen LogP contribution is 2.35. The molecule has 0 saturated heterocycles. The van der Waals surface area contributed by atoms with Crippen LogP contribution < -0.4 is 11.1 Å². The molecule has 2 unspecified atom stereocenters. The van der Waals surface area contributed by atoms with Crippen LogP contribution in [0.25, 0.3) is 0 Å². The monoisotopic (exact) mass is 196 g/mol. The van der Waals surface area contributed by atoms with Gasteiger partial charge in [-0.15, -0.1) is 0 Å². The zero-order valence-electron chi connectivity index (χ0n) is 8.07. The average Bonchev–Trinajstić information content (AvgIpc) is 2.80. The lowest BCUT2D eigenvalue weighted by molar-refractivity contribution is -0.125. The molecule has 1 fully saturated rings. The molecular formula is C10H16N2O2. The summed E-state index contributed by atoms with van der Waals surface area (Å²) in [6.07, 6.45) is 6.18. The second-order valence-electron chi connectivity index (χ2n) is 4.32. The molecular weight excluding hydrogens is 180 g/mol. The number of nitrogens with two attached hydrogens (primary N) is 1. The van der Waals surface area contributed by atoms with Gasteiger partial charge in [-0.3, -0.25) is 4.79 Å². The van der Waals surface area contributed by atoms with E-state index in [1.165, 1.54) is 0 Å². The minimum Gasteiger partial charge on any atom is -0.394 e. The van der Waals surface area contributed by atoms with Crippen LogP contribution in [0.1, 0.15) is 19.3 Å². The Morgan fingerprint density at radius 2 is 2.29 bits per heavy atom. The molecule has 0 aromatic rings. The number of nitrogens with one attached hydrogen (secondary N) is 1. The predicted octanol–water partition coefficient (Wildman–Crippen LogP) is -0.469. The van der Waals surface area contributed by atoms with Gasteiger partial charge in [0, 0.05) is 6.04 Å². The van der Waals surface area contributed by atoms with Gasteiger partial charge in [-0.2, -0.15) is 0 Å². The lowest BCUT2D eigenvalue weighted by Crippen LogP contribution is -2.42. The summed E-state index contributed by atoms with van der Waals surface area (Å²) in [5.74, 6) is -0.102. The van der Waals surface area contributed by atoms with Gasteiger partial charge in [0.15, 0.2) is 0 Å². The van der Waals surface area contributed by atoms with Gasteiger partial charge >= 0.3 is 0 Å². The van der Waals surface area contributed by atoms with Crippen molar-refractivity contribution in [1.29, 1.82) is 0 Å². The van der Waals surface area contributed by atoms with Crippen LogP contribution in [0.3, 0.4) is 0 Å². The van der Waals surface area contributed by atoms with Crippen molar-refractivity contribution >= 4 is 5.91 Å². The van der Waals surface area contributed by atoms with E-state index in [2.05, 4.69) is 5.32 Å². The number of hydrogen-bond donors (Lipinski definition) is 3. The SMILES string of the molecule is NC1C=CC(C(=O)NC2(CO)CC2)C1. The molecule has 0 radical (unpaired) electrons. The van der Waals surface area contributed by atoms with Crippen LogP contribution in [0.15, 0.2) is 12.2 Å². The van der Waals surface area contributed by atoms with Crippen molar-refractivity contribution in [3.05, 3.63) is 12.2 Å². The Bertz CT molecular complexity index is 271. The zero-order valence-corrected chi connectivity index (χ0v) is 8.07. The minimum atomic E-state index is -0.308. The molecule has 78 valence electrons. The summed E-state index contributed by atoms with van der Waals surface area (Å²) >= 11 is 0. The Kier molecular flexibility index (Phi) is 2.33. The Hall–Kier alpha value is -0.870. The second-order valence-corrected chi connectivity index (χ2v) is 4.32. The van der Waals surface area contributed by atoms with Crippen molar-refractivity contribution in [1.82, 2.24) is 5.32 Å². The number of rotatable bonds is 3. The molecule has 4 heteroatoms. The van der Waals surface area contributed by atoms with E-state index >= 15 is 0 Å². The summed E-state index contributed by atoms with van der Waals surface area (Å²) < 4.78 is 0. The summed E-state index contributed by atoms with van der Waals surface area (Å²) in [6.45, 7) is 0.0429. The first-order valence-corrected chi connectivity index (χ1v) is 5.02. The van der Waals surface area contributed by atoms with Crippen molar-refractivity contribution in [2.45, 2.75) is 30.8 Å². The average molecular weight is 196 g/mol. The largest absolute Gasteiger partial charge is 0.394 e. The summed E-state index contributed by atoms with van der Waals surface area (Å²) in [5.41, 5.74) is 5.35. The molecule has 1 saturated carbocycles. The topological polar surface area (TPSA) is 75.4 Å². The minimum absolute atomic E-state index is 0.000694. The Labute approximate surface area is 83.2 Å². The normalized spacial score (nSPS) is 33.0. The molecule has 2 aliphatic carbocycles. The van der Waals surface area contributed by atoms with Crippen LogP contribution in [-0.2, 0) is 4.79 Å². The van der Waals surface area contributed by atoms with Gasteiger partial charge in [-0.1, -0.05) is 12.2 Å². The van der Waals surface area contributed by atoms with E-state index in [0.29, 0.717) is 6.42 Å². The third kappa shape index (κ3) is 1.81. The molecule has 0 spiro atoms. The summed E-state index contributed by atoms with van der Waals surface area (Å²) in [7, 11) is 0. The fourth-order valence-corrected chi connectivity index (χ4v) is 1.75. The maximum absolute atomic E-state index is 11.7. The van der Waals surface area contributed by atoms with E-state index in [1.54, 1.807) is 0 Å². The van der Waals surface area contributed by atoms with Crippen molar-refractivity contribution in [3.63, 3.8) is 0 Å². The van der Waals surface area contributed by atoms with Crippen LogP contribution in [0, 0.1) is 5.92 Å². The number of amides is 1. The number of aliphatic hydroxyl groups excluding tert-OH is 1. The molecule has 0 aliphatic heterocycles. The molecule has 1 amide bonds. The number of carbonyl (C=O) groups is 1. The van der Waals surface area contributed by atoms with Crippen LogP contribution in [0.4, 0.5) is 0 Å². The first-order chi connectivity index (χ1) is 6.65. The lowest BCUT2D eigenvalue weighted by atomic mass is 10.1. The maximum Gasteiger partial charge on any atom is 0.227 e. The molecule has 14 heavy (non-hydrogen) atoms. The summed E-state index contributed by atoms with van der Waals surface area (Å²) in [4.78, 5) is 11.7. The van der Waals surface area contributed by atoms with Crippen molar-refractivity contribution < 1.29 is 9.90 Å². The molecule has 0 bridgehead atoms. The van der Waals surface area contributed by atoms with Gasteiger partial charge in [0.2, 0.25) is 5.91 Å². The van der Waals surface area contributed by atoms with Gasteiger partial charge < -0.3 is 16.2 Å². The molecule has 4 nitrogen and oxygen atoms in total. The molecule has 0 aromatic carbocycles. The van der Waals surface area contributed by atoms with E-state index in [0.717, 1.165) is 12.8 Å². The van der Waals surface area contributed by atoms with Crippen molar-refractivity contribution in [3.8, 4) is 0 Å². The van der Waals surface area contributed by atoms with Gasteiger partial charge in [0.1, 0.15) is 0 Å². The van der Waals surface area contributed by atoms with E-state index < -0.39 is 0 Å². The van der Waals surface area contributed by atoms with E-state index in [9.17, 15) is 4.79 Å². The summed E-state index contributed by atoms with van der Waals surface area (Å²) in [5, 5.41) is 11.9. The van der Waals surface area contributed by atoms with Gasteiger partial charge in [-0.25, -0.2) is 0 Å². The van der Waals surface area contributed by atoms with Crippen LogP contribution in [0.5, 0.6) is 0 Å². The fraction of sp³-hybridized carbons (Fsp3) is 0.700. The molecule has 4 N–H and O–H groups in total. The quantitative estimate of drug-likeness (QED) is 0.534. The second kappa shape index (κ2) is 3.37. The number of carbonyl (C=O) groups excluding carboxylic acids is 1. The Morgan fingerprint density at radius 1 is 1.57 bits per heavy atom. The molecule has 0 aromatic heterocycles. The summed E-state index contributed by atoms with van der Waals surface area (Å²) in [6, 6.07) is 0.00929. The van der Waals surface area contributed by atoms with E-state index in [-0.39, 0.29) is 30.0 Å². The first kappa shape index (κ1) is 9.68. The van der Waals surface area contributed by atoms with Gasteiger partial charge in [0.05, 0.1) is 18.1 Å². The smallest absolute Gasteiger partial charge is 0.227 e. The van der Waals surface area contributed by atoms with Gasteiger partial charge in [-0.05, 0) is 19.3 Å². The predicted molar refractivity (Wildman–Crippen MR) is 52.4 cm³/mol. The van der Waals surface area contributed by atoms with Crippen LogP contribution >= 0.6 is 0 Å². The Balaban J connectivity index is 1.87. The molecule has 2 rings (SSSR count). The highest BCUT2D eigenvalue weighted by molar-refractivity contribution is 5.82. The van der Waals surface area contributed by atoms with Crippen LogP contribution in [-0.4, -0.2) is 29.2 Å². The standard InChI is InChI=1S/C10H16N2O2/c11-8-2-1-7(5-8)9(14)12-10(6-13)3-4-10/h1-2,7-8,13H,3-6,11H2,(H,12,14). The Morgan fingerprint density at radius 3 is 2.71 bits per heavy atom. The lowest BCUT2D eigenvalue weighted by Gasteiger charge is -2.17. The van der Waals surface area contributed by atoms with Crippen LogP contribution in [0.2, 0.25) is 0 Å². The molecule has 0 heterocycles. The van der Waals surface area contributed by atoms with Crippen molar-refractivity contribution in [2.24, 2.45) is 11.7 Å². The fourth-order valence-electron chi connectivity index (χ4n) is 1.75. The highest BCUT2D eigenvalue weighted by atomic mass is 16.3. The van der Waals surface area contributed by atoms with Gasteiger partial charge in [0.25, 0.3) is 0 Å². The molecule has 2 aliphatic rings. The van der Waals surface area contributed by atoms with E-state index in [4.69, 9.17) is 10.8 Å². The van der Waals surface area contributed by atoms with E-state index in [1.807, 2.05) is 12.2 Å². The number of aliphatic hydroxyl groups is 1. The molecule has 2 atom stereocenters. The third-order valence-electron chi connectivity index (χ3n) is 3.00. The first-order valence-electron chi connectivity index (χ1n) is 5.02. The highest BCUT2D eigenvalue weighted by Gasteiger charge is 2.44. The van der Waals surface area contributed by atoms with Crippen molar-refractivity contribution in [2.75, 3.05) is 6.61 Å². The number of hydrogen-bond acceptors (Lipinski definition) is 3. The third-order valence-corrected chi connectivity index (χ3v) is 3.00. The zero-order chi connectivity index (χ0) is 10.2.